The number of ether oxygens (including phenoxy) is 1. The van der Waals surface area contributed by atoms with Crippen molar-refractivity contribution in [2.45, 2.75) is 25.1 Å². The second-order valence-corrected chi connectivity index (χ2v) is 3.51. The van der Waals surface area contributed by atoms with Gasteiger partial charge >= 0.3 is 6.09 Å². The zero-order chi connectivity index (χ0) is 9.26. The normalized spacial score (nSPS) is 33.9. The van der Waals surface area contributed by atoms with E-state index in [9.17, 15) is 4.79 Å². The Morgan fingerprint density at radius 2 is 2.54 bits per heavy atom. The first-order valence-electron chi connectivity index (χ1n) is 4.72. The summed E-state index contributed by atoms with van der Waals surface area (Å²) in [5.74, 6) is 0. The summed E-state index contributed by atoms with van der Waals surface area (Å²) in [5, 5.41) is 3.26. The minimum atomic E-state index is -0.227. The molecule has 5 heteroatoms. The zero-order valence-electron chi connectivity index (χ0n) is 7.53. The molecule has 5 nitrogen and oxygen atoms in total. The minimum absolute atomic E-state index is 0.116. The number of hydrogen-bond acceptors (Lipinski definition) is 4. The molecule has 1 unspecified atom stereocenters. The van der Waals surface area contributed by atoms with E-state index >= 15 is 0 Å². The molecular weight excluding hydrogens is 170 g/mol. The largest absolute Gasteiger partial charge is 0.443 e. The Hall–Kier alpha value is -0.810. The molecule has 74 valence electrons. The van der Waals surface area contributed by atoms with Gasteiger partial charge in [-0.1, -0.05) is 0 Å². The van der Waals surface area contributed by atoms with Crippen molar-refractivity contribution in [3.63, 3.8) is 0 Å². The van der Waals surface area contributed by atoms with Crippen molar-refractivity contribution in [3.05, 3.63) is 0 Å². The monoisotopic (exact) mass is 185 g/mol. The molecule has 0 saturated carbocycles. The molecule has 2 heterocycles. The fraction of sp³-hybridized carbons (Fsp3) is 0.875. The molecule has 2 atom stereocenters. The number of nitrogens with two attached hydrogens (primary N) is 1. The number of carbonyl (C=O) groups excluding carboxylic acids is 1. The molecule has 2 aliphatic rings. The number of amides is 1. The average Bonchev–Trinajstić information content (AvgIpc) is 2.72. The third kappa shape index (κ3) is 1.62. The van der Waals surface area contributed by atoms with E-state index in [2.05, 4.69) is 5.32 Å². The van der Waals surface area contributed by atoms with Crippen LogP contribution < -0.4 is 11.1 Å². The van der Waals surface area contributed by atoms with E-state index in [1.165, 1.54) is 0 Å². The SMILES string of the molecule is NC[C@H]1CN(C2CCCN2)C(=O)O1. The topological polar surface area (TPSA) is 67.6 Å². The maximum Gasteiger partial charge on any atom is 0.411 e. The van der Waals surface area contributed by atoms with Gasteiger partial charge in [0.05, 0.1) is 12.7 Å². The van der Waals surface area contributed by atoms with Gasteiger partial charge in [0.15, 0.2) is 0 Å². The Bertz CT molecular complexity index is 204. The highest BCUT2D eigenvalue weighted by molar-refractivity contribution is 5.70. The second-order valence-electron chi connectivity index (χ2n) is 3.51. The number of nitrogens with one attached hydrogen (secondary N) is 1. The van der Waals surface area contributed by atoms with Gasteiger partial charge in [0.1, 0.15) is 6.10 Å². The molecule has 0 bridgehead atoms. The lowest BCUT2D eigenvalue weighted by molar-refractivity contribution is 0.128. The molecule has 2 saturated heterocycles. The quantitative estimate of drug-likeness (QED) is 0.607. The number of cyclic esters (lactones) is 1. The first kappa shape index (κ1) is 8.77. The van der Waals surface area contributed by atoms with Gasteiger partial charge in [-0.2, -0.15) is 0 Å². The van der Waals surface area contributed by atoms with Crippen LogP contribution in [0, 0.1) is 0 Å². The van der Waals surface area contributed by atoms with Crippen molar-refractivity contribution in [1.82, 2.24) is 10.2 Å². The smallest absolute Gasteiger partial charge is 0.411 e. The summed E-state index contributed by atoms with van der Waals surface area (Å²) in [6.07, 6.45) is 1.97. The van der Waals surface area contributed by atoms with E-state index in [1.807, 2.05) is 0 Å². The van der Waals surface area contributed by atoms with Gasteiger partial charge in [0.2, 0.25) is 0 Å². The summed E-state index contributed by atoms with van der Waals surface area (Å²) in [5.41, 5.74) is 5.43. The van der Waals surface area contributed by atoms with Crippen molar-refractivity contribution < 1.29 is 9.53 Å². The summed E-state index contributed by atoms with van der Waals surface area (Å²) in [4.78, 5) is 13.1. The van der Waals surface area contributed by atoms with Crippen molar-refractivity contribution in [3.8, 4) is 0 Å². The Balaban J connectivity index is 1.95. The van der Waals surface area contributed by atoms with E-state index in [-0.39, 0.29) is 18.4 Å². The van der Waals surface area contributed by atoms with Crippen LogP contribution in [0.2, 0.25) is 0 Å². The Morgan fingerprint density at radius 1 is 1.69 bits per heavy atom. The van der Waals surface area contributed by atoms with E-state index in [1.54, 1.807) is 4.90 Å². The lowest BCUT2D eigenvalue weighted by Crippen LogP contribution is -2.43. The lowest BCUT2D eigenvalue weighted by Gasteiger charge is -2.20. The van der Waals surface area contributed by atoms with Crippen LogP contribution in [-0.4, -0.2) is 42.9 Å². The third-order valence-electron chi connectivity index (χ3n) is 2.58. The molecule has 0 spiro atoms. The number of carbonyl (C=O) groups is 1. The molecular formula is C8H15N3O2. The first-order chi connectivity index (χ1) is 6.31. The molecule has 2 rings (SSSR count). The molecule has 0 aromatic carbocycles. The van der Waals surface area contributed by atoms with Crippen molar-refractivity contribution in [2.75, 3.05) is 19.6 Å². The first-order valence-corrected chi connectivity index (χ1v) is 4.72. The number of nitrogens with zero attached hydrogens (tertiary/aromatic N) is 1. The van der Waals surface area contributed by atoms with Crippen LogP contribution in [0.15, 0.2) is 0 Å². The number of rotatable bonds is 2. The third-order valence-corrected chi connectivity index (χ3v) is 2.58. The minimum Gasteiger partial charge on any atom is -0.443 e. The molecule has 2 fully saturated rings. The van der Waals surface area contributed by atoms with E-state index < -0.39 is 0 Å². The lowest BCUT2D eigenvalue weighted by atomic mass is 10.3. The predicted molar refractivity (Wildman–Crippen MR) is 47.1 cm³/mol. The van der Waals surface area contributed by atoms with Crippen molar-refractivity contribution in [2.24, 2.45) is 5.73 Å². The van der Waals surface area contributed by atoms with Crippen LogP contribution in [0.25, 0.3) is 0 Å². The van der Waals surface area contributed by atoms with E-state index in [4.69, 9.17) is 10.5 Å². The summed E-state index contributed by atoms with van der Waals surface area (Å²) in [6, 6.07) is 0. The maximum atomic E-state index is 11.3. The maximum absolute atomic E-state index is 11.3. The Kier molecular flexibility index (Phi) is 2.37. The molecule has 0 radical (unpaired) electrons. The fourth-order valence-corrected chi connectivity index (χ4v) is 1.85. The van der Waals surface area contributed by atoms with Gasteiger partial charge in [-0.05, 0) is 19.4 Å². The zero-order valence-corrected chi connectivity index (χ0v) is 7.53. The molecule has 3 N–H and O–H groups in total. The van der Waals surface area contributed by atoms with Crippen molar-refractivity contribution >= 4 is 6.09 Å². The summed E-state index contributed by atoms with van der Waals surface area (Å²) in [6.45, 7) is 2.03. The van der Waals surface area contributed by atoms with Gasteiger partial charge in [0.25, 0.3) is 0 Å². The van der Waals surface area contributed by atoms with Gasteiger partial charge < -0.3 is 10.5 Å². The van der Waals surface area contributed by atoms with Crippen LogP contribution in [0.5, 0.6) is 0 Å². The van der Waals surface area contributed by atoms with Crippen LogP contribution in [-0.2, 0) is 4.74 Å². The van der Waals surface area contributed by atoms with E-state index in [0.29, 0.717) is 13.1 Å². The average molecular weight is 185 g/mol. The number of hydrogen-bond donors (Lipinski definition) is 2. The standard InChI is InChI=1S/C8H15N3O2/c9-4-6-5-11(8(12)13-6)7-2-1-3-10-7/h6-7,10H,1-5,9H2/t6-,7?/m0/s1. The molecule has 2 aliphatic heterocycles. The molecule has 13 heavy (non-hydrogen) atoms. The fourth-order valence-electron chi connectivity index (χ4n) is 1.85. The van der Waals surface area contributed by atoms with Gasteiger partial charge in [-0.3, -0.25) is 10.2 Å². The highest BCUT2D eigenvalue weighted by atomic mass is 16.6. The van der Waals surface area contributed by atoms with Crippen LogP contribution >= 0.6 is 0 Å². The Morgan fingerprint density at radius 3 is 3.08 bits per heavy atom. The second kappa shape index (κ2) is 3.51. The highest BCUT2D eigenvalue weighted by Gasteiger charge is 2.36. The summed E-state index contributed by atoms with van der Waals surface area (Å²) >= 11 is 0. The summed E-state index contributed by atoms with van der Waals surface area (Å²) < 4.78 is 5.06. The molecule has 1 amide bonds. The van der Waals surface area contributed by atoms with Gasteiger partial charge in [-0.25, -0.2) is 4.79 Å². The Labute approximate surface area is 77.2 Å². The highest BCUT2D eigenvalue weighted by Crippen LogP contribution is 2.18. The van der Waals surface area contributed by atoms with Crippen molar-refractivity contribution in [1.29, 1.82) is 0 Å². The van der Waals surface area contributed by atoms with E-state index in [0.717, 1.165) is 19.4 Å². The molecule has 0 aromatic heterocycles. The molecule has 0 aromatic rings. The van der Waals surface area contributed by atoms with Gasteiger partial charge in [-0.15, -0.1) is 0 Å². The summed E-state index contributed by atoms with van der Waals surface area (Å²) in [7, 11) is 0. The van der Waals surface area contributed by atoms with Gasteiger partial charge in [0, 0.05) is 6.54 Å². The van der Waals surface area contributed by atoms with Crippen LogP contribution in [0.1, 0.15) is 12.8 Å². The van der Waals surface area contributed by atoms with Crippen LogP contribution in [0.4, 0.5) is 4.79 Å². The molecule has 0 aliphatic carbocycles. The predicted octanol–water partition coefficient (Wildman–Crippen LogP) is -0.525. The van der Waals surface area contributed by atoms with Crippen LogP contribution in [0.3, 0.4) is 0 Å².